The van der Waals surface area contributed by atoms with Crippen LogP contribution in [0.2, 0.25) is 0 Å². The quantitative estimate of drug-likeness (QED) is 0.437. The van der Waals surface area contributed by atoms with Gasteiger partial charge in [0.25, 0.3) is 11.8 Å². The van der Waals surface area contributed by atoms with Crippen molar-refractivity contribution in [2.45, 2.75) is 47.0 Å². The van der Waals surface area contributed by atoms with Crippen LogP contribution in [0, 0.1) is 20.8 Å². The van der Waals surface area contributed by atoms with E-state index in [-0.39, 0.29) is 11.8 Å². The van der Waals surface area contributed by atoms with Crippen LogP contribution in [-0.4, -0.2) is 11.8 Å². The molecule has 33 heavy (non-hydrogen) atoms. The molecule has 4 rings (SSSR count). The predicted molar refractivity (Wildman–Crippen MR) is 135 cm³/mol. The Morgan fingerprint density at radius 1 is 0.788 bits per heavy atom. The van der Waals surface area contributed by atoms with Gasteiger partial charge in [0, 0.05) is 5.69 Å². The number of rotatable bonds is 7. The fourth-order valence-electron chi connectivity index (χ4n) is 4.15. The Morgan fingerprint density at radius 3 is 2.09 bits per heavy atom. The number of nitrogens with zero attached hydrogens (tertiary/aromatic N) is 1. The van der Waals surface area contributed by atoms with Crippen molar-refractivity contribution in [1.29, 1.82) is 0 Å². The number of carbonyl (C=O) groups is 2. The van der Waals surface area contributed by atoms with Crippen LogP contribution in [0.5, 0.6) is 0 Å². The van der Waals surface area contributed by atoms with Crippen molar-refractivity contribution in [1.82, 2.24) is 0 Å². The minimum atomic E-state index is -0.336. The van der Waals surface area contributed by atoms with Crippen molar-refractivity contribution >= 4 is 28.8 Å². The molecule has 3 aromatic rings. The fraction of sp³-hybridized carbons (Fsp3) is 0.241. The van der Waals surface area contributed by atoms with E-state index >= 15 is 0 Å². The summed E-state index contributed by atoms with van der Waals surface area (Å²) in [5, 5.41) is 3.29. The van der Waals surface area contributed by atoms with Gasteiger partial charge in [-0.3, -0.25) is 9.59 Å². The third-order valence-electron chi connectivity index (χ3n) is 6.08. The van der Waals surface area contributed by atoms with Crippen molar-refractivity contribution in [2.24, 2.45) is 0 Å². The lowest BCUT2D eigenvalue weighted by molar-refractivity contribution is -0.120. The van der Waals surface area contributed by atoms with Crippen LogP contribution in [-0.2, 0) is 16.0 Å². The van der Waals surface area contributed by atoms with Gasteiger partial charge in [0.2, 0.25) is 0 Å². The predicted octanol–water partition coefficient (Wildman–Crippen LogP) is 6.35. The van der Waals surface area contributed by atoms with Crippen LogP contribution in [0.25, 0.3) is 5.57 Å². The van der Waals surface area contributed by atoms with Gasteiger partial charge in [-0.2, -0.15) is 0 Å². The van der Waals surface area contributed by atoms with Gasteiger partial charge in [-0.15, -0.1) is 0 Å². The molecular weight excluding hydrogens is 408 g/mol. The van der Waals surface area contributed by atoms with E-state index in [1.54, 1.807) is 0 Å². The molecular formula is C29H30N2O2. The maximum atomic E-state index is 13.6. The number of imide groups is 1. The normalized spacial score (nSPS) is 13.8. The average molecular weight is 439 g/mol. The molecule has 0 fully saturated rings. The molecule has 0 atom stereocenters. The van der Waals surface area contributed by atoms with Gasteiger partial charge in [-0.05, 0) is 68.5 Å². The Bertz CT molecular complexity index is 1220. The molecule has 0 saturated carbocycles. The summed E-state index contributed by atoms with van der Waals surface area (Å²) >= 11 is 0. The molecule has 1 heterocycles. The van der Waals surface area contributed by atoms with E-state index in [1.807, 2.05) is 81.4 Å². The van der Waals surface area contributed by atoms with Crippen LogP contribution >= 0.6 is 0 Å². The summed E-state index contributed by atoms with van der Waals surface area (Å²) in [6, 6.07) is 21.5. The molecule has 168 valence electrons. The highest BCUT2D eigenvalue weighted by molar-refractivity contribution is 6.46. The Labute approximate surface area is 195 Å². The van der Waals surface area contributed by atoms with Gasteiger partial charge in [-0.1, -0.05) is 73.0 Å². The SMILES string of the molecule is CCCCc1ccc(N2C(=O)C(Nc3ccc(C)cc3C)=C(c3ccc(C)cc3)C2=O)cc1. The summed E-state index contributed by atoms with van der Waals surface area (Å²) in [5.41, 5.74) is 7.31. The van der Waals surface area contributed by atoms with E-state index < -0.39 is 0 Å². The van der Waals surface area contributed by atoms with Crippen molar-refractivity contribution in [3.63, 3.8) is 0 Å². The van der Waals surface area contributed by atoms with Crippen LogP contribution in [0.3, 0.4) is 0 Å². The largest absolute Gasteiger partial charge is 0.350 e. The second-order valence-electron chi connectivity index (χ2n) is 8.78. The Morgan fingerprint density at radius 2 is 1.45 bits per heavy atom. The fourth-order valence-corrected chi connectivity index (χ4v) is 4.15. The van der Waals surface area contributed by atoms with Gasteiger partial charge in [0.1, 0.15) is 5.70 Å². The van der Waals surface area contributed by atoms with E-state index in [0.717, 1.165) is 47.2 Å². The number of hydrogen-bond acceptors (Lipinski definition) is 3. The lowest BCUT2D eigenvalue weighted by Crippen LogP contribution is -2.32. The molecule has 1 aliphatic heterocycles. The summed E-state index contributed by atoms with van der Waals surface area (Å²) in [5.74, 6) is -0.644. The number of carbonyl (C=O) groups excluding carboxylic acids is 2. The highest BCUT2D eigenvalue weighted by Gasteiger charge is 2.40. The van der Waals surface area contributed by atoms with E-state index in [1.165, 1.54) is 10.5 Å². The summed E-state index contributed by atoms with van der Waals surface area (Å²) in [4.78, 5) is 28.5. The van der Waals surface area contributed by atoms with E-state index in [0.29, 0.717) is 17.0 Å². The minimum absolute atomic E-state index is 0.308. The molecule has 0 aromatic heterocycles. The summed E-state index contributed by atoms with van der Waals surface area (Å²) in [7, 11) is 0. The topological polar surface area (TPSA) is 49.4 Å². The lowest BCUT2D eigenvalue weighted by atomic mass is 10.0. The van der Waals surface area contributed by atoms with Crippen molar-refractivity contribution in [3.05, 3.63) is 100 Å². The molecule has 4 nitrogen and oxygen atoms in total. The smallest absolute Gasteiger partial charge is 0.282 e. The van der Waals surface area contributed by atoms with Crippen LogP contribution in [0.1, 0.15) is 47.6 Å². The molecule has 3 aromatic carbocycles. The second-order valence-corrected chi connectivity index (χ2v) is 8.78. The Kier molecular flexibility index (Phi) is 6.45. The first kappa shape index (κ1) is 22.5. The first-order chi connectivity index (χ1) is 15.9. The second kappa shape index (κ2) is 9.45. The Hall–Kier alpha value is -3.66. The highest BCUT2D eigenvalue weighted by atomic mass is 16.2. The van der Waals surface area contributed by atoms with E-state index in [2.05, 4.69) is 18.3 Å². The molecule has 4 heteroatoms. The maximum absolute atomic E-state index is 13.6. The summed E-state index contributed by atoms with van der Waals surface area (Å²) in [6.07, 6.45) is 3.23. The van der Waals surface area contributed by atoms with E-state index in [4.69, 9.17) is 0 Å². The van der Waals surface area contributed by atoms with Crippen molar-refractivity contribution < 1.29 is 9.59 Å². The van der Waals surface area contributed by atoms with Crippen LogP contribution in [0.15, 0.2) is 72.4 Å². The molecule has 2 amide bonds. The third kappa shape index (κ3) is 4.61. The van der Waals surface area contributed by atoms with Crippen LogP contribution < -0.4 is 10.2 Å². The van der Waals surface area contributed by atoms with Crippen molar-refractivity contribution in [3.8, 4) is 0 Å². The van der Waals surface area contributed by atoms with E-state index in [9.17, 15) is 9.59 Å². The van der Waals surface area contributed by atoms with Gasteiger partial charge in [0.15, 0.2) is 0 Å². The molecule has 0 radical (unpaired) electrons. The zero-order valence-corrected chi connectivity index (χ0v) is 19.7. The molecule has 1 N–H and O–H groups in total. The lowest BCUT2D eigenvalue weighted by Gasteiger charge is -2.16. The zero-order valence-electron chi connectivity index (χ0n) is 19.7. The number of benzene rings is 3. The number of aryl methyl sites for hydroxylation is 4. The van der Waals surface area contributed by atoms with Gasteiger partial charge >= 0.3 is 0 Å². The number of anilines is 2. The summed E-state index contributed by atoms with van der Waals surface area (Å²) in [6.45, 7) is 8.19. The number of unbranched alkanes of at least 4 members (excludes halogenated alkanes) is 1. The summed E-state index contributed by atoms with van der Waals surface area (Å²) < 4.78 is 0. The zero-order chi connectivity index (χ0) is 23.5. The Balaban J connectivity index is 1.74. The molecule has 0 aliphatic carbocycles. The minimum Gasteiger partial charge on any atom is -0.350 e. The maximum Gasteiger partial charge on any atom is 0.282 e. The van der Waals surface area contributed by atoms with Gasteiger partial charge in [-0.25, -0.2) is 4.90 Å². The number of amides is 2. The third-order valence-corrected chi connectivity index (χ3v) is 6.08. The van der Waals surface area contributed by atoms with Crippen LogP contribution in [0.4, 0.5) is 11.4 Å². The standard InChI is InChI=1S/C29H30N2O2/c1-5-6-7-22-11-15-24(16-12-22)31-28(32)26(23-13-8-19(2)9-14-23)27(29(31)33)30-25-17-10-20(3)18-21(25)4/h8-18,30H,5-7H2,1-4H3. The first-order valence-corrected chi connectivity index (χ1v) is 11.5. The molecule has 0 saturated heterocycles. The molecule has 0 spiro atoms. The molecule has 0 bridgehead atoms. The van der Waals surface area contributed by atoms with Gasteiger partial charge in [0.05, 0.1) is 11.3 Å². The van der Waals surface area contributed by atoms with Crippen molar-refractivity contribution in [2.75, 3.05) is 10.2 Å². The first-order valence-electron chi connectivity index (χ1n) is 11.5. The van der Waals surface area contributed by atoms with Gasteiger partial charge < -0.3 is 5.32 Å². The average Bonchev–Trinajstić information content (AvgIpc) is 3.04. The highest BCUT2D eigenvalue weighted by Crippen LogP contribution is 2.34. The monoisotopic (exact) mass is 438 g/mol. The molecule has 0 unspecified atom stereocenters. The molecule has 1 aliphatic rings. The number of hydrogen-bond donors (Lipinski definition) is 1. The number of nitrogens with one attached hydrogen (secondary N) is 1.